The third-order valence-corrected chi connectivity index (χ3v) is 4.36. The molecule has 0 aromatic heterocycles. The van der Waals surface area contributed by atoms with Gasteiger partial charge in [-0.25, -0.2) is 0 Å². The second kappa shape index (κ2) is 8.92. The van der Waals surface area contributed by atoms with Crippen LogP contribution in [-0.2, 0) is 0 Å². The molecule has 1 amide bonds. The number of rotatable bonds is 5. The Morgan fingerprint density at radius 2 is 2.00 bits per heavy atom. The number of amides is 1. The van der Waals surface area contributed by atoms with Crippen molar-refractivity contribution in [3.05, 3.63) is 62.1 Å². The number of ether oxygens (including phenoxy) is 1. The van der Waals surface area contributed by atoms with E-state index in [-0.39, 0.29) is 16.9 Å². The largest absolute Gasteiger partial charge is 0.490 e. The molecule has 2 aromatic rings. The van der Waals surface area contributed by atoms with E-state index in [4.69, 9.17) is 17.0 Å². The van der Waals surface area contributed by atoms with E-state index in [1.165, 1.54) is 6.07 Å². The highest BCUT2D eigenvalue weighted by Gasteiger charge is 2.15. The van der Waals surface area contributed by atoms with E-state index >= 15 is 0 Å². The SMILES string of the molecule is Cc1c(NC(=S)NC(=O)c2ccc(OC(C)C)c(Br)c2)cccc1[N+](=O)[O-]. The summed E-state index contributed by atoms with van der Waals surface area (Å²) >= 11 is 8.52. The number of carbonyl (C=O) groups excluding carboxylic acids is 1. The Balaban J connectivity index is 2.08. The van der Waals surface area contributed by atoms with Crippen molar-refractivity contribution in [3.8, 4) is 5.75 Å². The normalized spacial score (nSPS) is 10.4. The zero-order chi connectivity index (χ0) is 20.1. The number of thiocarbonyl (C=S) groups is 1. The average Bonchev–Trinajstić information content (AvgIpc) is 2.57. The molecule has 142 valence electrons. The average molecular weight is 452 g/mol. The van der Waals surface area contributed by atoms with Crippen molar-refractivity contribution in [3.63, 3.8) is 0 Å². The molecule has 9 heteroatoms. The molecule has 2 rings (SSSR count). The zero-order valence-electron chi connectivity index (χ0n) is 14.9. The topological polar surface area (TPSA) is 93.5 Å². The van der Waals surface area contributed by atoms with E-state index in [0.29, 0.717) is 27.0 Å². The Bertz CT molecular complexity index is 902. The summed E-state index contributed by atoms with van der Waals surface area (Å²) in [7, 11) is 0. The minimum absolute atomic E-state index is 0.0101. The first-order chi connectivity index (χ1) is 12.7. The van der Waals surface area contributed by atoms with Crippen molar-refractivity contribution >= 4 is 50.5 Å². The number of anilines is 1. The van der Waals surface area contributed by atoms with Gasteiger partial charge in [-0.3, -0.25) is 20.2 Å². The molecule has 0 atom stereocenters. The maximum absolute atomic E-state index is 12.4. The summed E-state index contributed by atoms with van der Waals surface area (Å²) < 4.78 is 6.26. The quantitative estimate of drug-likeness (QED) is 0.392. The molecule has 0 radical (unpaired) electrons. The van der Waals surface area contributed by atoms with Crippen LogP contribution in [0.1, 0.15) is 29.8 Å². The number of carbonyl (C=O) groups is 1. The maximum Gasteiger partial charge on any atom is 0.274 e. The Morgan fingerprint density at radius 1 is 1.30 bits per heavy atom. The van der Waals surface area contributed by atoms with E-state index in [1.54, 1.807) is 37.3 Å². The highest BCUT2D eigenvalue weighted by molar-refractivity contribution is 9.10. The molecule has 0 spiro atoms. The van der Waals surface area contributed by atoms with Gasteiger partial charge in [0.2, 0.25) is 0 Å². The van der Waals surface area contributed by atoms with Gasteiger partial charge in [-0.1, -0.05) is 6.07 Å². The first-order valence-corrected chi connectivity index (χ1v) is 9.21. The predicted molar refractivity (Wildman–Crippen MR) is 111 cm³/mol. The molecule has 0 bridgehead atoms. The van der Waals surface area contributed by atoms with Crippen LogP contribution in [0.5, 0.6) is 5.75 Å². The van der Waals surface area contributed by atoms with Crippen molar-refractivity contribution in [1.82, 2.24) is 5.32 Å². The first-order valence-electron chi connectivity index (χ1n) is 8.01. The van der Waals surface area contributed by atoms with E-state index in [2.05, 4.69) is 26.6 Å². The van der Waals surface area contributed by atoms with E-state index in [0.717, 1.165) is 0 Å². The van der Waals surface area contributed by atoms with Gasteiger partial charge in [-0.05, 0) is 73.2 Å². The number of hydrogen-bond donors (Lipinski definition) is 2. The molecule has 0 heterocycles. The monoisotopic (exact) mass is 451 g/mol. The molecule has 0 aliphatic rings. The van der Waals surface area contributed by atoms with Crippen LogP contribution in [0.4, 0.5) is 11.4 Å². The molecule has 0 aliphatic carbocycles. The Morgan fingerprint density at radius 3 is 2.59 bits per heavy atom. The van der Waals surface area contributed by atoms with Gasteiger partial charge in [-0.2, -0.15) is 0 Å². The highest BCUT2D eigenvalue weighted by atomic mass is 79.9. The number of benzene rings is 2. The molecule has 0 fully saturated rings. The van der Waals surface area contributed by atoms with Crippen LogP contribution in [0.15, 0.2) is 40.9 Å². The van der Waals surface area contributed by atoms with Crippen molar-refractivity contribution in [1.29, 1.82) is 0 Å². The molecular weight excluding hydrogens is 434 g/mol. The second-order valence-corrected chi connectivity index (χ2v) is 7.19. The number of nitrogens with one attached hydrogen (secondary N) is 2. The molecule has 2 aromatic carbocycles. The van der Waals surface area contributed by atoms with Gasteiger partial charge in [0.05, 0.1) is 26.8 Å². The summed E-state index contributed by atoms with van der Waals surface area (Å²) in [6.07, 6.45) is 0.0101. The second-order valence-electron chi connectivity index (χ2n) is 5.93. The molecule has 7 nitrogen and oxygen atoms in total. The number of nitro benzene ring substituents is 1. The Kier molecular flexibility index (Phi) is 6.86. The summed E-state index contributed by atoms with van der Waals surface area (Å²) in [5, 5.41) is 16.4. The molecule has 0 saturated carbocycles. The molecule has 27 heavy (non-hydrogen) atoms. The van der Waals surface area contributed by atoms with Crippen molar-refractivity contribution < 1.29 is 14.5 Å². The summed E-state index contributed by atoms with van der Waals surface area (Å²) in [5.74, 6) is 0.224. The fourth-order valence-electron chi connectivity index (χ4n) is 2.28. The third kappa shape index (κ3) is 5.48. The van der Waals surface area contributed by atoms with Gasteiger partial charge in [0.15, 0.2) is 5.11 Å². The van der Waals surface area contributed by atoms with Crippen molar-refractivity contribution in [2.75, 3.05) is 5.32 Å². The van der Waals surface area contributed by atoms with Crippen molar-refractivity contribution in [2.24, 2.45) is 0 Å². The number of nitrogens with zero attached hydrogens (tertiary/aromatic N) is 1. The van der Waals surface area contributed by atoms with Gasteiger partial charge in [0, 0.05) is 11.6 Å². The molecule has 0 aliphatic heterocycles. The lowest BCUT2D eigenvalue weighted by Gasteiger charge is -2.14. The fourth-order valence-corrected chi connectivity index (χ4v) is 2.95. The van der Waals surface area contributed by atoms with E-state index in [1.807, 2.05) is 13.8 Å². The highest BCUT2D eigenvalue weighted by Crippen LogP contribution is 2.27. The lowest BCUT2D eigenvalue weighted by molar-refractivity contribution is -0.385. The molecule has 0 unspecified atom stereocenters. The standard InChI is InChI=1S/C18H18BrN3O4S/c1-10(2)26-16-8-7-12(9-13(16)19)17(23)21-18(27)20-14-5-4-6-15(11(14)3)22(24)25/h4-10H,1-3H3,(H2,20,21,23,27). The Labute approximate surface area is 170 Å². The zero-order valence-corrected chi connectivity index (χ0v) is 17.3. The number of nitro groups is 1. The van der Waals surface area contributed by atoms with Crippen molar-refractivity contribution in [2.45, 2.75) is 26.9 Å². The number of halogens is 1. The van der Waals surface area contributed by atoms with Gasteiger partial charge in [-0.15, -0.1) is 0 Å². The summed E-state index contributed by atoms with van der Waals surface area (Å²) in [5.41, 5.74) is 1.24. The third-order valence-electron chi connectivity index (χ3n) is 3.53. The van der Waals surface area contributed by atoms with Crippen LogP contribution in [0.25, 0.3) is 0 Å². The van der Waals surface area contributed by atoms with Crippen LogP contribution >= 0.6 is 28.1 Å². The Hall–Kier alpha value is -2.52. The lowest BCUT2D eigenvalue weighted by atomic mass is 10.1. The minimum atomic E-state index is -0.472. The van der Waals surface area contributed by atoms with Crippen LogP contribution in [0.3, 0.4) is 0 Å². The summed E-state index contributed by atoms with van der Waals surface area (Å²) in [6, 6.07) is 9.55. The fraction of sp³-hybridized carbons (Fsp3) is 0.222. The first kappa shape index (κ1) is 20.8. The summed E-state index contributed by atoms with van der Waals surface area (Å²) in [4.78, 5) is 22.9. The minimum Gasteiger partial charge on any atom is -0.490 e. The van der Waals surface area contributed by atoms with Gasteiger partial charge in [0.1, 0.15) is 5.75 Å². The number of hydrogen-bond acceptors (Lipinski definition) is 5. The van der Waals surface area contributed by atoms with E-state index in [9.17, 15) is 14.9 Å². The van der Waals surface area contributed by atoms with E-state index < -0.39 is 10.8 Å². The van der Waals surface area contributed by atoms with Gasteiger partial charge < -0.3 is 10.1 Å². The van der Waals surface area contributed by atoms with Crippen LogP contribution in [0, 0.1) is 17.0 Å². The molecular formula is C18H18BrN3O4S. The van der Waals surface area contributed by atoms with Crippen LogP contribution in [0.2, 0.25) is 0 Å². The van der Waals surface area contributed by atoms with Gasteiger partial charge in [0.25, 0.3) is 11.6 Å². The lowest BCUT2D eigenvalue weighted by Crippen LogP contribution is -2.34. The molecule has 2 N–H and O–H groups in total. The van der Waals surface area contributed by atoms with Gasteiger partial charge >= 0.3 is 0 Å². The maximum atomic E-state index is 12.4. The van der Waals surface area contributed by atoms with Crippen LogP contribution < -0.4 is 15.4 Å². The van der Waals surface area contributed by atoms with Crippen LogP contribution in [-0.4, -0.2) is 22.0 Å². The predicted octanol–water partition coefficient (Wildman–Crippen LogP) is 4.58. The smallest absolute Gasteiger partial charge is 0.274 e. The molecule has 0 saturated heterocycles. The summed E-state index contributed by atoms with van der Waals surface area (Å²) in [6.45, 7) is 5.43.